The van der Waals surface area contributed by atoms with Crippen molar-refractivity contribution < 1.29 is 0 Å². The largest absolute Gasteiger partial charge is 0.363 e. The van der Waals surface area contributed by atoms with Gasteiger partial charge in [-0.1, -0.05) is 6.42 Å². The fraction of sp³-hybridized carbons (Fsp3) is 0.870. The van der Waals surface area contributed by atoms with Gasteiger partial charge in [-0.2, -0.15) is 5.26 Å². The average molecular weight is 399 g/mol. The number of nitrogens with zero attached hydrogens (tertiary/aromatic N) is 6. The molecule has 0 aromatic heterocycles. The second-order valence-corrected chi connectivity index (χ2v) is 9.30. The fourth-order valence-corrected chi connectivity index (χ4v) is 5.04. The Hall–Kier alpha value is -1.63. The van der Waals surface area contributed by atoms with Gasteiger partial charge in [0, 0.05) is 38.8 Å². The summed E-state index contributed by atoms with van der Waals surface area (Å²) in [5, 5.41) is 9.55. The van der Waals surface area contributed by atoms with Gasteiger partial charge >= 0.3 is 6.04 Å². The molecule has 3 saturated heterocycles. The third kappa shape index (κ3) is 6.17. The zero-order chi connectivity index (χ0) is 20.6. The van der Waals surface area contributed by atoms with Crippen molar-refractivity contribution >= 4 is 5.84 Å². The van der Waals surface area contributed by atoms with Crippen LogP contribution in [0, 0.1) is 23.8 Å². The molecule has 3 aliphatic heterocycles. The number of hydrogen-bond donors (Lipinski definition) is 0. The number of aliphatic imine (C=N–C) groups is 1. The lowest BCUT2D eigenvalue weighted by atomic mass is 9.94. The number of hydrogen-bond acceptors (Lipinski definition) is 4. The molecule has 160 valence electrons. The third-order valence-electron chi connectivity index (χ3n) is 6.94. The van der Waals surface area contributed by atoms with E-state index in [-0.39, 0.29) is 6.04 Å². The second kappa shape index (κ2) is 11.0. The summed E-state index contributed by atoms with van der Waals surface area (Å²) in [6.07, 6.45) is 8.44. The Morgan fingerprint density at radius 3 is 2.24 bits per heavy atom. The molecular formula is C23H38N6. The maximum atomic E-state index is 9.55. The molecule has 0 aromatic carbocycles. The van der Waals surface area contributed by atoms with Crippen molar-refractivity contribution in [2.24, 2.45) is 10.9 Å². The summed E-state index contributed by atoms with van der Waals surface area (Å²) in [7, 11) is 0. The summed E-state index contributed by atoms with van der Waals surface area (Å²) in [4.78, 5) is 16.0. The average Bonchev–Trinajstić information content (AvgIpc) is 2.75. The summed E-state index contributed by atoms with van der Waals surface area (Å²) in [5.41, 5.74) is 0. The highest BCUT2D eigenvalue weighted by Crippen LogP contribution is 2.23. The van der Waals surface area contributed by atoms with Crippen LogP contribution in [0.2, 0.25) is 0 Å². The zero-order valence-electron chi connectivity index (χ0n) is 18.4. The molecule has 0 spiro atoms. The molecule has 0 aromatic rings. The molecule has 6 nitrogen and oxygen atoms in total. The maximum Gasteiger partial charge on any atom is 0.363 e. The molecule has 3 heterocycles. The Morgan fingerprint density at radius 1 is 1.03 bits per heavy atom. The first-order valence-corrected chi connectivity index (χ1v) is 11.7. The van der Waals surface area contributed by atoms with E-state index in [1.165, 1.54) is 38.9 Å². The van der Waals surface area contributed by atoms with E-state index in [0.717, 1.165) is 63.6 Å². The van der Waals surface area contributed by atoms with Gasteiger partial charge < -0.3 is 14.7 Å². The minimum Gasteiger partial charge on any atom is -0.353 e. The molecule has 0 aliphatic carbocycles. The Bertz CT molecular complexity index is 594. The topological polar surface area (TPSA) is 50.2 Å². The Labute approximate surface area is 177 Å². The van der Waals surface area contributed by atoms with Gasteiger partial charge in [0.2, 0.25) is 0 Å². The van der Waals surface area contributed by atoms with Crippen LogP contribution < -0.4 is 0 Å². The Morgan fingerprint density at radius 2 is 1.69 bits per heavy atom. The second-order valence-electron chi connectivity index (χ2n) is 9.30. The summed E-state index contributed by atoms with van der Waals surface area (Å²) < 4.78 is 0. The smallest absolute Gasteiger partial charge is 0.353 e. The summed E-state index contributed by atoms with van der Waals surface area (Å²) in [6, 6.07) is 2.28. The summed E-state index contributed by atoms with van der Waals surface area (Å²) in [6.45, 7) is 19.7. The van der Waals surface area contributed by atoms with Gasteiger partial charge in [-0.05, 0) is 71.4 Å². The maximum absolute atomic E-state index is 9.55. The van der Waals surface area contributed by atoms with Crippen LogP contribution in [0.15, 0.2) is 4.99 Å². The van der Waals surface area contributed by atoms with E-state index >= 15 is 0 Å². The van der Waals surface area contributed by atoms with E-state index < -0.39 is 6.04 Å². The first kappa shape index (κ1) is 22.1. The van der Waals surface area contributed by atoms with Crippen molar-refractivity contribution in [1.29, 1.82) is 5.26 Å². The third-order valence-corrected chi connectivity index (χ3v) is 6.94. The number of piperidine rings is 3. The standard InChI is InChI=1S/C23H38N6/c1-19(2)28-15-9-21(10-16-28)26-23(22(17-24)25-3)29-13-7-20(8-14-29)18-27-11-5-4-6-12-27/h19-22H,4-16,18H2,1-2H3. The monoisotopic (exact) mass is 398 g/mol. The van der Waals surface area contributed by atoms with Crippen LogP contribution in [0.25, 0.3) is 4.85 Å². The highest BCUT2D eigenvalue weighted by atomic mass is 15.2. The molecule has 1 unspecified atom stereocenters. The van der Waals surface area contributed by atoms with Crippen molar-refractivity contribution in [3.8, 4) is 6.07 Å². The van der Waals surface area contributed by atoms with E-state index in [1.807, 2.05) is 0 Å². The Balaban J connectivity index is 1.58. The minimum atomic E-state index is -0.753. The molecule has 3 aliphatic rings. The van der Waals surface area contributed by atoms with Crippen LogP contribution in [-0.4, -0.2) is 84.5 Å². The molecule has 3 fully saturated rings. The van der Waals surface area contributed by atoms with E-state index in [9.17, 15) is 5.26 Å². The summed E-state index contributed by atoms with van der Waals surface area (Å²) in [5.74, 6) is 1.50. The molecule has 0 amide bonds. The van der Waals surface area contributed by atoms with Gasteiger partial charge in [0.15, 0.2) is 11.9 Å². The van der Waals surface area contributed by atoms with Crippen molar-refractivity contribution in [1.82, 2.24) is 14.7 Å². The molecule has 0 saturated carbocycles. The lowest BCUT2D eigenvalue weighted by Gasteiger charge is -2.38. The van der Waals surface area contributed by atoms with Gasteiger partial charge in [-0.25, -0.2) is 6.57 Å². The van der Waals surface area contributed by atoms with Crippen LogP contribution in [0.3, 0.4) is 0 Å². The molecule has 1 atom stereocenters. The molecular weight excluding hydrogens is 360 g/mol. The first-order valence-electron chi connectivity index (χ1n) is 11.7. The quantitative estimate of drug-likeness (QED) is 0.405. The van der Waals surface area contributed by atoms with Gasteiger partial charge in [0.1, 0.15) is 0 Å². The van der Waals surface area contributed by atoms with Crippen molar-refractivity contribution in [3.63, 3.8) is 0 Å². The SMILES string of the molecule is [C-]#[N+]C(C#N)C(=NC1CCN(C(C)C)CC1)N1CCC(CN2CCCCC2)CC1. The molecule has 0 radical (unpaired) electrons. The van der Waals surface area contributed by atoms with Crippen molar-refractivity contribution in [3.05, 3.63) is 11.4 Å². The highest BCUT2D eigenvalue weighted by Gasteiger charge is 2.32. The predicted octanol–water partition coefficient (Wildman–Crippen LogP) is 3.27. The lowest BCUT2D eigenvalue weighted by Crippen LogP contribution is -2.46. The van der Waals surface area contributed by atoms with E-state index in [4.69, 9.17) is 11.6 Å². The molecule has 29 heavy (non-hydrogen) atoms. The van der Waals surface area contributed by atoms with E-state index in [0.29, 0.717) is 6.04 Å². The number of rotatable bonds is 5. The van der Waals surface area contributed by atoms with Crippen LogP contribution in [0.5, 0.6) is 0 Å². The number of likely N-dealkylation sites (tertiary alicyclic amines) is 3. The van der Waals surface area contributed by atoms with Crippen molar-refractivity contribution in [2.75, 3.05) is 45.8 Å². The first-order chi connectivity index (χ1) is 14.1. The fourth-order valence-electron chi connectivity index (χ4n) is 5.04. The molecule has 0 bridgehead atoms. The van der Waals surface area contributed by atoms with Gasteiger partial charge in [-0.15, -0.1) is 0 Å². The van der Waals surface area contributed by atoms with Crippen LogP contribution in [0.1, 0.15) is 58.8 Å². The lowest BCUT2D eigenvalue weighted by molar-refractivity contribution is 0.156. The van der Waals surface area contributed by atoms with E-state index in [1.54, 1.807) is 0 Å². The van der Waals surface area contributed by atoms with Gasteiger partial charge in [0.25, 0.3) is 0 Å². The minimum absolute atomic E-state index is 0.253. The van der Waals surface area contributed by atoms with Crippen LogP contribution in [0.4, 0.5) is 0 Å². The summed E-state index contributed by atoms with van der Waals surface area (Å²) >= 11 is 0. The normalized spacial score (nSPS) is 25.0. The Kier molecular flexibility index (Phi) is 8.33. The molecule has 3 rings (SSSR count). The van der Waals surface area contributed by atoms with Crippen LogP contribution >= 0.6 is 0 Å². The predicted molar refractivity (Wildman–Crippen MR) is 118 cm³/mol. The van der Waals surface area contributed by atoms with Crippen molar-refractivity contribution in [2.45, 2.75) is 76.9 Å². The van der Waals surface area contributed by atoms with Gasteiger partial charge in [0.05, 0.1) is 6.04 Å². The van der Waals surface area contributed by atoms with Crippen LogP contribution in [-0.2, 0) is 0 Å². The molecule has 6 heteroatoms. The van der Waals surface area contributed by atoms with Gasteiger partial charge in [-0.3, -0.25) is 9.84 Å². The number of amidine groups is 1. The molecule has 0 N–H and O–H groups in total. The van der Waals surface area contributed by atoms with E-state index in [2.05, 4.69) is 39.5 Å². The highest BCUT2D eigenvalue weighted by molar-refractivity contribution is 5.91. The zero-order valence-corrected chi connectivity index (χ0v) is 18.4. The number of nitriles is 1.